The van der Waals surface area contributed by atoms with E-state index in [4.69, 9.17) is 11.6 Å². The number of fused-ring (bicyclic) bond motifs is 1. The minimum atomic E-state index is -0.169. The predicted octanol–water partition coefficient (Wildman–Crippen LogP) is 5.21. The number of nitrogens with zero attached hydrogens (tertiary/aromatic N) is 1. The molecule has 3 aromatic carbocycles. The molecule has 0 spiro atoms. The van der Waals surface area contributed by atoms with Crippen molar-refractivity contribution in [3.63, 3.8) is 0 Å². The quantitative estimate of drug-likeness (QED) is 0.593. The van der Waals surface area contributed by atoms with Crippen LogP contribution in [-0.2, 0) is 0 Å². The fourth-order valence-electron chi connectivity index (χ4n) is 3.97. The molecule has 1 unspecified atom stereocenters. The molecule has 0 bridgehead atoms. The number of aryl methyl sites for hydroxylation is 1. The summed E-state index contributed by atoms with van der Waals surface area (Å²) in [6, 6.07) is 20.2. The van der Waals surface area contributed by atoms with Gasteiger partial charge in [0.1, 0.15) is 0 Å². The molecule has 0 fully saturated rings. The molecule has 1 atom stereocenters. The Morgan fingerprint density at radius 3 is 2.48 bits per heavy atom. The van der Waals surface area contributed by atoms with E-state index in [1.807, 2.05) is 50.4 Å². The van der Waals surface area contributed by atoms with Crippen LogP contribution in [0, 0.1) is 6.92 Å². The van der Waals surface area contributed by atoms with Gasteiger partial charge in [-0.05, 0) is 80.1 Å². The zero-order valence-electron chi connectivity index (χ0n) is 17.5. The Kier molecular flexibility index (Phi) is 6.07. The molecular weight excluding hydrogens is 410 g/mol. The van der Waals surface area contributed by atoms with Crippen LogP contribution in [0.3, 0.4) is 0 Å². The second-order valence-electron chi connectivity index (χ2n) is 7.64. The minimum absolute atomic E-state index is 0.0742. The van der Waals surface area contributed by atoms with Gasteiger partial charge in [0.2, 0.25) is 0 Å². The normalized spacial score (nSPS) is 15.3. The molecular formula is C25H24ClN3O2. The molecule has 3 aromatic rings. The number of amides is 2. The van der Waals surface area contributed by atoms with Gasteiger partial charge < -0.3 is 15.5 Å². The number of anilines is 2. The van der Waals surface area contributed by atoms with Gasteiger partial charge in [-0.15, -0.1) is 0 Å². The number of nitrogens with one attached hydrogen (secondary N) is 2. The number of carbonyl (C=O) groups is 2. The summed E-state index contributed by atoms with van der Waals surface area (Å²) >= 11 is 6.19. The fourth-order valence-corrected chi connectivity index (χ4v) is 4.15. The van der Waals surface area contributed by atoms with E-state index in [1.165, 1.54) is 0 Å². The number of hydrogen-bond acceptors (Lipinski definition) is 3. The van der Waals surface area contributed by atoms with E-state index in [9.17, 15) is 9.59 Å². The number of benzene rings is 3. The molecule has 5 nitrogen and oxygen atoms in total. The van der Waals surface area contributed by atoms with E-state index in [0.29, 0.717) is 28.4 Å². The maximum atomic E-state index is 13.2. The molecule has 0 saturated carbocycles. The molecule has 1 heterocycles. The van der Waals surface area contributed by atoms with Crippen LogP contribution in [0.5, 0.6) is 0 Å². The Morgan fingerprint density at radius 1 is 1.03 bits per heavy atom. The zero-order chi connectivity index (χ0) is 22.0. The molecule has 2 N–H and O–H groups in total. The van der Waals surface area contributed by atoms with Crippen molar-refractivity contribution >= 4 is 34.8 Å². The molecule has 0 aromatic heterocycles. The molecule has 31 heavy (non-hydrogen) atoms. The van der Waals surface area contributed by atoms with Crippen molar-refractivity contribution in [3.8, 4) is 0 Å². The van der Waals surface area contributed by atoms with E-state index in [1.54, 1.807) is 35.2 Å². The molecule has 0 saturated heterocycles. The van der Waals surface area contributed by atoms with Crippen LogP contribution >= 0.6 is 11.6 Å². The van der Waals surface area contributed by atoms with Crippen LogP contribution in [0.25, 0.3) is 0 Å². The second kappa shape index (κ2) is 8.92. The Bertz CT molecular complexity index is 1130. The van der Waals surface area contributed by atoms with Crippen molar-refractivity contribution < 1.29 is 9.59 Å². The molecule has 2 amide bonds. The van der Waals surface area contributed by atoms with Crippen molar-refractivity contribution in [2.24, 2.45) is 0 Å². The average molecular weight is 434 g/mol. The Balaban J connectivity index is 1.53. The Morgan fingerprint density at radius 2 is 1.77 bits per heavy atom. The number of rotatable bonds is 4. The zero-order valence-corrected chi connectivity index (χ0v) is 18.2. The van der Waals surface area contributed by atoms with Crippen LogP contribution in [0.15, 0.2) is 66.7 Å². The number of hydrogen-bond donors (Lipinski definition) is 2. The van der Waals surface area contributed by atoms with Crippen LogP contribution in [-0.4, -0.2) is 25.4 Å². The van der Waals surface area contributed by atoms with E-state index in [-0.39, 0.29) is 17.9 Å². The summed E-state index contributed by atoms with van der Waals surface area (Å²) in [6.07, 6.45) is 0.806. The smallest absolute Gasteiger partial charge is 0.258 e. The van der Waals surface area contributed by atoms with Gasteiger partial charge in [-0.2, -0.15) is 0 Å². The standard InChI is InChI=1S/C25H24ClN3O2/c1-16-5-3-4-6-20(16)24(30)28-19-10-7-17(8-11-19)25(31)29-14-13-22(27-2)21-15-18(26)9-12-23(21)29/h3-12,15,22,27H,13-14H2,1-2H3,(H,28,30). The van der Waals surface area contributed by atoms with Gasteiger partial charge in [-0.25, -0.2) is 0 Å². The monoisotopic (exact) mass is 433 g/mol. The molecule has 0 radical (unpaired) electrons. The lowest BCUT2D eigenvalue weighted by molar-refractivity contribution is 0.0982. The molecule has 1 aliphatic rings. The summed E-state index contributed by atoms with van der Waals surface area (Å²) in [5.74, 6) is -0.243. The summed E-state index contributed by atoms with van der Waals surface area (Å²) in [4.78, 5) is 27.5. The van der Waals surface area contributed by atoms with Gasteiger partial charge in [0.25, 0.3) is 11.8 Å². The average Bonchev–Trinajstić information content (AvgIpc) is 2.78. The Hall–Kier alpha value is -3.15. The van der Waals surface area contributed by atoms with Crippen molar-refractivity contribution in [3.05, 3.63) is 94.0 Å². The van der Waals surface area contributed by atoms with E-state index >= 15 is 0 Å². The first kappa shape index (κ1) is 21.1. The highest BCUT2D eigenvalue weighted by atomic mass is 35.5. The van der Waals surface area contributed by atoms with Crippen molar-refractivity contribution in [2.75, 3.05) is 23.8 Å². The lowest BCUT2D eigenvalue weighted by Gasteiger charge is -2.34. The first-order chi connectivity index (χ1) is 15.0. The summed E-state index contributed by atoms with van der Waals surface area (Å²) in [5.41, 5.74) is 4.65. The van der Waals surface area contributed by atoms with Gasteiger partial charge in [0, 0.05) is 40.1 Å². The third-order valence-corrected chi connectivity index (χ3v) is 5.91. The molecule has 158 valence electrons. The Labute approximate surface area is 187 Å². The maximum absolute atomic E-state index is 13.2. The lowest BCUT2D eigenvalue weighted by atomic mass is 9.95. The van der Waals surface area contributed by atoms with Gasteiger partial charge >= 0.3 is 0 Å². The van der Waals surface area contributed by atoms with Crippen LogP contribution < -0.4 is 15.5 Å². The highest BCUT2D eigenvalue weighted by Crippen LogP contribution is 2.36. The van der Waals surface area contributed by atoms with E-state index in [2.05, 4.69) is 10.6 Å². The largest absolute Gasteiger partial charge is 0.322 e. The predicted molar refractivity (Wildman–Crippen MR) is 125 cm³/mol. The first-order valence-corrected chi connectivity index (χ1v) is 10.6. The highest BCUT2D eigenvalue weighted by Gasteiger charge is 2.28. The highest BCUT2D eigenvalue weighted by molar-refractivity contribution is 6.30. The van der Waals surface area contributed by atoms with Crippen molar-refractivity contribution in [2.45, 2.75) is 19.4 Å². The SMILES string of the molecule is CNC1CCN(C(=O)c2ccc(NC(=O)c3ccccc3C)cc2)c2ccc(Cl)cc21. The van der Waals surface area contributed by atoms with Crippen LogP contribution in [0.2, 0.25) is 5.02 Å². The fraction of sp³-hybridized carbons (Fsp3) is 0.200. The topological polar surface area (TPSA) is 61.4 Å². The van der Waals surface area contributed by atoms with Crippen molar-refractivity contribution in [1.29, 1.82) is 0 Å². The van der Waals surface area contributed by atoms with Gasteiger partial charge in [-0.3, -0.25) is 9.59 Å². The van der Waals surface area contributed by atoms with Gasteiger partial charge in [0.05, 0.1) is 0 Å². The number of carbonyl (C=O) groups excluding carboxylic acids is 2. The van der Waals surface area contributed by atoms with Crippen molar-refractivity contribution in [1.82, 2.24) is 5.32 Å². The third-order valence-electron chi connectivity index (χ3n) is 5.67. The first-order valence-electron chi connectivity index (χ1n) is 10.2. The summed E-state index contributed by atoms with van der Waals surface area (Å²) in [7, 11) is 1.91. The summed E-state index contributed by atoms with van der Waals surface area (Å²) < 4.78 is 0. The summed E-state index contributed by atoms with van der Waals surface area (Å²) in [6.45, 7) is 2.52. The number of halogens is 1. The second-order valence-corrected chi connectivity index (χ2v) is 8.07. The van der Waals surface area contributed by atoms with Crippen LogP contribution in [0.4, 0.5) is 11.4 Å². The van der Waals surface area contributed by atoms with Gasteiger partial charge in [0.15, 0.2) is 0 Å². The molecule has 6 heteroatoms. The third kappa shape index (κ3) is 4.33. The maximum Gasteiger partial charge on any atom is 0.258 e. The molecule has 4 rings (SSSR count). The van der Waals surface area contributed by atoms with Crippen LogP contribution in [0.1, 0.15) is 44.3 Å². The molecule has 1 aliphatic heterocycles. The van der Waals surface area contributed by atoms with E-state index in [0.717, 1.165) is 23.2 Å². The summed E-state index contributed by atoms with van der Waals surface area (Å²) in [5, 5.41) is 6.84. The van der Waals surface area contributed by atoms with E-state index < -0.39 is 0 Å². The van der Waals surface area contributed by atoms with Gasteiger partial charge in [-0.1, -0.05) is 29.8 Å². The minimum Gasteiger partial charge on any atom is -0.322 e. The lowest BCUT2D eigenvalue weighted by Crippen LogP contribution is -2.39. The molecule has 0 aliphatic carbocycles.